The Morgan fingerprint density at radius 1 is 1.27 bits per heavy atom. The first-order valence-electron chi connectivity index (χ1n) is 6.74. The van der Waals surface area contributed by atoms with Crippen molar-refractivity contribution in [3.8, 4) is 10.6 Å². The number of carbonyl (C=O) groups is 1. The van der Waals surface area contributed by atoms with Crippen LogP contribution in [0.1, 0.15) is 16.2 Å². The number of halogens is 1. The van der Waals surface area contributed by atoms with Crippen molar-refractivity contribution in [1.82, 2.24) is 10.3 Å². The van der Waals surface area contributed by atoms with Crippen LogP contribution < -0.4 is 5.32 Å². The van der Waals surface area contributed by atoms with Crippen LogP contribution in [-0.2, 0) is 6.42 Å². The molecular weight excluding hydrogens is 303 g/mol. The van der Waals surface area contributed by atoms with Gasteiger partial charge in [0.05, 0.1) is 12.0 Å². The first-order valence-corrected chi connectivity index (χ1v) is 7.62. The number of carbonyl (C=O) groups excluding carboxylic acids is 1. The second-order valence-corrected chi connectivity index (χ2v) is 5.49. The largest absolute Gasteiger partial charge is 0.459 e. The lowest BCUT2D eigenvalue weighted by Gasteiger charge is -2.01. The molecule has 0 spiro atoms. The number of rotatable bonds is 5. The van der Waals surface area contributed by atoms with Gasteiger partial charge in [0, 0.05) is 23.9 Å². The van der Waals surface area contributed by atoms with E-state index in [9.17, 15) is 9.18 Å². The normalized spacial score (nSPS) is 10.6. The molecule has 0 aliphatic carbocycles. The van der Waals surface area contributed by atoms with E-state index in [1.807, 2.05) is 5.38 Å². The smallest absolute Gasteiger partial charge is 0.286 e. The summed E-state index contributed by atoms with van der Waals surface area (Å²) in [6.45, 7) is 0.478. The summed E-state index contributed by atoms with van der Waals surface area (Å²) in [6, 6.07) is 9.53. The van der Waals surface area contributed by atoms with Crippen molar-refractivity contribution in [2.45, 2.75) is 6.42 Å². The number of hydrogen-bond donors (Lipinski definition) is 1. The Morgan fingerprint density at radius 2 is 2.09 bits per heavy atom. The van der Waals surface area contributed by atoms with E-state index >= 15 is 0 Å². The van der Waals surface area contributed by atoms with Gasteiger partial charge in [0.2, 0.25) is 0 Å². The minimum Gasteiger partial charge on any atom is -0.459 e. The molecular formula is C16H13FN2O2S. The standard InChI is InChI=1S/C16H13FN2O2S/c17-12-5-3-11(4-6-12)16-19-13(10-22-16)7-8-18-15(20)14-2-1-9-21-14/h1-6,9-10H,7-8H2,(H,18,20). The van der Waals surface area contributed by atoms with Gasteiger partial charge in [-0.15, -0.1) is 11.3 Å². The van der Waals surface area contributed by atoms with Gasteiger partial charge in [0.15, 0.2) is 5.76 Å². The van der Waals surface area contributed by atoms with Crippen LogP contribution in [0.25, 0.3) is 10.6 Å². The molecule has 0 saturated heterocycles. The lowest BCUT2D eigenvalue weighted by atomic mass is 10.2. The quantitative estimate of drug-likeness (QED) is 0.783. The second kappa shape index (κ2) is 6.53. The van der Waals surface area contributed by atoms with E-state index in [1.165, 1.54) is 29.7 Å². The van der Waals surface area contributed by atoms with Crippen LogP contribution in [0.2, 0.25) is 0 Å². The zero-order valence-electron chi connectivity index (χ0n) is 11.6. The Balaban J connectivity index is 1.56. The van der Waals surface area contributed by atoms with Crippen molar-refractivity contribution in [2.75, 3.05) is 6.54 Å². The summed E-state index contributed by atoms with van der Waals surface area (Å²) < 4.78 is 17.9. The van der Waals surface area contributed by atoms with Crippen molar-refractivity contribution >= 4 is 17.2 Å². The molecule has 0 saturated carbocycles. The van der Waals surface area contributed by atoms with E-state index in [0.717, 1.165) is 16.3 Å². The molecule has 6 heteroatoms. The number of benzene rings is 1. The Morgan fingerprint density at radius 3 is 2.82 bits per heavy atom. The maximum absolute atomic E-state index is 12.9. The third-order valence-corrected chi connectivity index (χ3v) is 3.99. The lowest BCUT2D eigenvalue weighted by Crippen LogP contribution is -2.25. The van der Waals surface area contributed by atoms with Gasteiger partial charge in [-0.3, -0.25) is 4.79 Å². The molecule has 0 unspecified atom stereocenters. The van der Waals surface area contributed by atoms with Crippen LogP contribution in [0.3, 0.4) is 0 Å². The highest BCUT2D eigenvalue weighted by Gasteiger charge is 2.09. The van der Waals surface area contributed by atoms with Crippen LogP contribution in [0.5, 0.6) is 0 Å². The molecule has 0 radical (unpaired) electrons. The molecule has 2 aromatic heterocycles. The topological polar surface area (TPSA) is 55.1 Å². The Labute approximate surface area is 130 Å². The molecule has 3 rings (SSSR count). The Bertz CT molecular complexity index is 751. The molecule has 0 fully saturated rings. The monoisotopic (exact) mass is 316 g/mol. The van der Waals surface area contributed by atoms with Gasteiger partial charge < -0.3 is 9.73 Å². The third kappa shape index (κ3) is 3.40. The van der Waals surface area contributed by atoms with E-state index in [1.54, 1.807) is 24.3 Å². The predicted octanol–water partition coefficient (Wildman–Crippen LogP) is 3.51. The summed E-state index contributed by atoms with van der Waals surface area (Å²) in [5.41, 5.74) is 1.78. The number of thiazole rings is 1. The van der Waals surface area contributed by atoms with E-state index in [2.05, 4.69) is 10.3 Å². The van der Waals surface area contributed by atoms with Gasteiger partial charge in [-0.25, -0.2) is 9.37 Å². The van der Waals surface area contributed by atoms with Crippen LogP contribution in [0, 0.1) is 5.82 Å². The molecule has 0 aliphatic heterocycles. The van der Waals surface area contributed by atoms with Crippen LogP contribution in [0.15, 0.2) is 52.5 Å². The molecule has 4 nitrogen and oxygen atoms in total. The van der Waals surface area contributed by atoms with Crippen LogP contribution >= 0.6 is 11.3 Å². The zero-order chi connectivity index (χ0) is 15.4. The Hall–Kier alpha value is -2.47. The van der Waals surface area contributed by atoms with Crippen molar-refractivity contribution in [1.29, 1.82) is 0 Å². The van der Waals surface area contributed by atoms with E-state index in [-0.39, 0.29) is 11.7 Å². The molecule has 0 atom stereocenters. The van der Waals surface area contributed by atoms with Gasteiger partial charge >= 0.3 is 0 Å². The number of nitrogens with one attached hydrogen (secondary N) is 1. The molecule has 3 aromatic rings. The number of amides is 1. The summed E-state index contributed by atoms with van der Waals surface area (Å²) in [5.74, 6) is -0.203. The summed E-state index contributed by atoms with van der Waals surface area (Å²) in [6.07, 6.45) is 2.09. The van der Waals surface area contributed by atoms with Gasteiger partial charge in [-0.05, 0) is 36.4 Å². The second-order valence-electron chi connectivity index (χ2n) is 4.63. The number of aromatic nitrogens is 1. The van der Waals surface area contributed by atoms with Gasteiger partial charge in [-0.2, -0.15) is 0 Å². The number of hydrogen-bond acceptors (Lipinski definition) is 4. The van der Waals surface area contributed by atoms with Crippen molar-refractivity contribution < 1.29 is 13.6 Å². The van der Waals surface area contributed by atoms with Crippen LogP contribution in [-0.4, -0.2) is 17.4 Å². The van der Waals surface area contributed by atoms with Gasteiger partial charge in [0.1, 0.15) is 10.8 Å². The average Bonchev–Trinajstić information content (AvgIpc) is 3.19. The first-order chi connectivity index (χ1) is 10.7. The van der Waals surface area contributed by atoms with Crippen molar-refractivity contribution in [3.05, 3.63) is 65.3 Å². The SMILES string of the molecule is O=C(NCCc1csc(-c2ccc(F)cc2)n1)c1ccco1. The summed E-state index contributed by atoms with van der Waals surface area (Å²) in [5, 5.41) is 5.55. The minimum absolute atomic E-state index is 0.237. The minimum atomic E-state index is -0.263. The molecule has 0 aliphatic rings. The third-order valence-electron chi connectivity index (χ3n) is 3.05. The highest BCUT2D eigenvalue weighted by molar-refractivity contribution is 7.13. The van der Waals surface area contributed by atoms with Gasteiger partial charge in [-0.1, -0.05) is 0 Å². The fourth-order valence-electron chi connectivity index (χ4n) is 1.95. The average molecular weight is 316 g/mol. The Kier molecular flexibility index (Phi) is 4.29. The molecule has 1 aromatic carbocycles. The summed E-state index contributed by atoms with van der Waals surface area (Å²) in [7, 11) is 0. The molecule has 2 heterocycles. The van der Waals surface area contributed by atoms with Gasteiger partial charge in [0.25, 0.3) is 5.91 Å². The molecule has 0 bridgehead atoms. The number of furan rings is 1. The fraction of sp³-hybridized carbons (Fsp3) is 0.125. The highest BCUT2D eigenvalue weighted by Crippen LogP contribution is 2.23. The highest BCUT2D eigenvalue weighted by atomic mass is 32.1. The zero-order valence-corrected chi connectivity index (χ0v) is 12.4. The first kappa shape index (κ1) is 14.5. The van der Waals surface area contributed by atoms with Crippen molar-refractivity contribution in [2.24, 2.45) is 0 Å². The van der Waals surface area contributed by atoms with E-state index in [0.29, 0.717) is 18.7 Å². The molecule has 1 N–H and O–H groups in total. The molecule has 22 heavy (non-hydrogen) atoms. The van der Waals surface area contributed by atoms with E-state index in [4.69, 9.17) is 4.42 Å². The lowest BCUT2D eigenvalue weighted by molar-refractivity contribution is 0.0926. The van der Waals surface area contributed by atoms with Crippen molar-refractivity contribution in [3.63, 3.8) is 0 Å². The predicted molar refractivity (Wildman–Crippen MR) is 82.3 cm³/mol. The maximum atomic E-state index is 12.9. The number of nitrogens with zero attached hydrogens (tertiary/aromatic N) is 1. The molecule has 112 valence electrons. The summed E-state index contributed by atoms with van der Waals surface area (Å²) in [4.78, 5) is 16.2. The van der Waals surface area contributed by atoms with E-state index < -0.39 is 0 Å². The summed E-state index contributed by atoms with van der Waals surface area (Å²) >= 11 is 1.50. The molecule has 1 amide bonds. The maximum Gasteiger partial charge on any atom is 0.286 e. The van der Waals surface area contributed by atoms with Crippen LogP contribution in [0.4, 0.5) is 4.39 Å². The fourth-order valence-corrected chi connectivity index (χ4v) is 2.81.